The summed E-state index contributed by atoms with van der Waals surface area (Å²) < 4.78 is 11.7. The number of halogens is 1. The normalized spacial score (nSPS) is 11.4. The maximum Gasteiger partial charge on any atom is 0.341 e. The van der Waals surface area contributed by atoms with Crippen LogP contribution in [0.2, 0.25) is 5.02 Å². The lowest BCUT2D eigenvalue weighted by Crippen LogP contribution is -2.24. The molecule has 10 heteroatoms. The zero-order valence-corrected chi connectivity index (χ0v) is 18.3. The number of hydrogen-bond acceptors (Lipinski definition) is 8. The molecule has 31 heavy (non-hydrogen) atoms. The van der Waals surface area contributed by atoms with E-state index in [9.17, 15) is 9.59 Å². The molecule has 0 bridgehead atoms. The zero-order valence-electron chi connectivity index (χ0n) is 17.5. The molecule has 162 valence electrons. The lowest BCUT2D eigenvalue weighted by atomic mass is 9.98. The number of methoxy groups -OCH3 is 1. The average Bonchev–Trinajstić information content (AvgIpc) is 3.08. The van der Waals surface area contributed by atoms with Gasteiger partial charge in [0.2, 0.25) is 0 Å². The van der Waals surface area contributed by atoms with Crippen LogP contribution in [0.25, 0.3) is 11.2 Å². The molecule has 0 fully saturated rings. The number of ether oxygens (including phenoxy) is 2. The van der Waals surface area contributed by atoms with Gasteiger partial charge in [-0.25, -0.2) is 14.8 Å². The Labute approximate surface area is 183 Å². The van der Waals surface area contributed by atoms with Gasteiger partial charge in [0.15, 0.2) is 12.4 Å². The lowest BCUT2D eigenvalue weighted by molar-refractivity contribution is -0.156. The molecule has 9 nitrogen and oxygen atoms in total. The number of fused-ring (bicyclic) bond motifs is 1. The molecule has 3 rings (SSSR count). The molecule has 0 amide bonds. The fraction of sp³-hybridized carbons (Fsp3) is 0.286. The number of nitrogens with zero attached hydrogens (tertiary/aromatic N) is 3. The quantitative estimate of drug-likeness (QED) is 0.350. The highest BCUT2D eigenvalue weighted by Gasteiger charge is 2.25. The van der Waals surface area contributed by atoms with Gasteiger partial charge in [0.1, 0.15) is 16.8 Å². The van der Waals surface area contributed by atoms with Crippen molar-refractivity contribution in [3.8, 4) is 0 Å². The van der Waals surface area contributed by atoms with Crippen molar-refractivity contribution >= 4 is 46.1 Å². The number of rotatable bonds is 5. The van der Waals surface area contributed by atoms with E-state index in [1.165, 1.54) is 30.1 Å². The van der Waals surface area contributed by atoms with Gasteiger partial charge in [-0.3, -0.25) is 14.8 Å². The van der Waals surface area contributed by atoms with Gasteiger partial charge in [-0.2, -0.15) is 0 Å². The number of anilines is 1. The average molecular weight is 444 g/mol. The van der Waals surface area contributed by atoms with Gasteiger partial charge in [0.25, 0.3) is 0 Å². The molecular formula is C21H22ClN5O4. The summed E-state index contributed by atoms with van der Waals surface area (Å²) in [7, 11) is 1.25. The molecule has 0 aliphatic heterocycles. The third-order valence-electron chi connectivity index (χ3n) is 4.46. The van der Waals surface area contributed by atoms with E-state index in [4.69, 9.17) is 32.2 Å². The summed E-state index contributed by atoms with van der Waals surface area (Å²) in [6, 6.07) is 4.77. The van der Waals surface area contributed by atoms with E-state index in [0.717, 1.165) is 0 Å². The summed E-state index contributed by atoms with van der Waals surface area (Å²) in [4.78, 5) is 33.2. The van der Waals surface area contributed by atoms with Crippen molar-refractivity contribution in [2.75, 3.05) is 12.8 Å². The van der Waals surface area contributed by atoms with Crippen LogP contribution in [-0.4, -0.2) is 39.3 Å². The first kappa shape index (κ1) is 22.2. The predicted molar refractivity (Wildman–Crippen MR) is 116 cm³/mol. The number of carbonyl (C=O) groups is 2. The zero-order chi connectivity index (χ0) is 22.9. The second-order valence-electron chi connectivity index (χ2n) is 7.85. The summed E-state index contributed by atoms with van der Waals surface area (Å²) in [5.41, 5.74) is 6.93. The van der Waals surface area contributed by atoms with Crippen molar-refractivity contribution in [1.29, 1.82) is 5.41 Å². The largest absolute Gasteiger partial charge is 0.465 e. The summed E-state index contributed by atoms with van der Waals surface area (Å²) >= 11 is 5.93. The Balaban J connectivity index is 2.03. The molecule has 2 aromatic heterocycles. The number of carbonyl (C=O) groups excluding carboxylic acids is 2. The van der Waals surface area contributed by atoms with Gasteiger partial charge in [-0.15, -0.1) is 0 Å². The second kappa shape index (κ2) is 8.35. The lowest BCUT2D eigenvalue weighted by Gasteiger charge is -2.16. The van der Waals surface area contributed by atoms with Gasteiger partial charge in [-0.1, -0.05) is 11.6 Å². The smallest absolute Gasteiger partial charge is 0.341 e. The Morgan fingerprint density at radius 1 is 1.26 bits per heavy atom. The standard InChI is InChI=1S/C21H22ClN5O4/c1-21(2,3)20(29)31-10-27-9-13(19(28)30-4)17-18(27)25-8-15(26-17)16(24)12-6-5-11(22)7-14(12)23/h5-9,24H,10,23H2,1-4H3. The van der Waals surface area contributed by atoms with Gasteiger partial charge < -0.3 is 15.2 Å². The number of aromatic nitrogens is 3. The minimum atomic E-state index is -0.680. The monoisotopic (exact) mass is 443 g/mol. The molecule has 3 N–H and O–H groups in total. The Hall–Kier alpha value is -3.46. The first-order valence-electron chi connectivity index (χ1n) is 9.28. The Morgan fingerprint density at radius 2 is 1.97 bits per heavy atom. The second-order valence-corrected chi connectivity index (χ2v) is 8.29. The van der Waals surface area contributed by atoms with Crippen molar-refractivity contribution in [1.82, 2.24) is 14.5 Å². The van der Waals surface area contributed by atoms with Crippen molar-refractivity contribution < 1.29 is 19.1 Å². The summed E-state index contributed by atoms with van der Waals surface area (Å²) in [5, 5.41) is 8.92. The van der Waals surface area contributed by atoms with Crippen LogP contribution >= 0.6 is 11.6 Å². The van der Waals surface area contributed by atoms with E-state index in [1.807, 2.05) is 0 Å². The minimum Gasteiger partial charge on any atom is -0.465 e. The van der Waals surface area contributed by atoms with E-state index in [-0.39, 0.29) is 29.2 Å². The van der Waals surface area contributed by atoms with Crippen molar-refractivity contribution in [3.63, 3.8) is 0 Å². The maximum absolute atomic E-state index is 12.3. The summed E-state index contributed by atoms with van der Waals surface area (Å²) in [5.74, 6) is -1.03. The first-order valence-corrected chi connectivity index (χ1v) is 9.66. The van der Waals surface area contributed by atoms with Crippen LogP contribution in [0.5, 0.6) is 0 Å². The fourth-order valence-electron chi connectivity index (χ4n) is 2.77. The van der Waals surface area contributed by atoms with Crippen LogP contribution < -0.4 is 5.73 Å². The number of nitrogen functional groups attached to an aromatic ring is 1. The molecule has 0 aliphatic carbocycles. The van der Waals surface area contributed by atoms with Gasteiger partial charge in [0, 0.05) is 22.5 Å². The molecule has 0 spiro atoms. The maximum atomic E-state index is 12.3. The van der Waals surface area contributed by atoms with Gasteiger partial charge >= 0.3 is 11.9 Å². The summed E-state index contributed by atoms with van der Waals surface area (Å²) in [6.07, 6.45) is 2.85. The molecule has 0 unspecified atom stereocenters. The molecule has 3 aromatic rings. The highest BCUT2D eigenvalue weighted by Crippen LogP contribution is 2.24. The fourth-order valence-corrected chi connectivity index (χ4v) is 2.95. The van der Waals surface area contributed by atoms with Crippen molar-refractivity contribution in [2.45, 2.75) is 27.5 Å². The molecule has 0 saturated carbocycles. The molecule has 1 aromatic carbocycles. The van der Waals surface area contributed by atoms with Crippen LogP contribution in [0.1, 0.15) is 42.4 Å². The van der Waals surface area contributed by atoms with Crippen LogP contribution in [0, 0.1) is 10.8 Å². The number of nitrogens with one attached hydrogen (secondary N) is 1. The number of hydrogen-bond donors (Lipinski definition) is 2. The molecule has 0 atom stereocenters. The van der Waals surface area contributed by atoms with E-state index in [0.29, 0.717) is 21.9 Å². The Kier molecular flexibility index (Phi) is 5.99. The van der Waals surface area contributed by atoms with Crippen LogP contribution in [0.4, 0.5) is 5.69 Å². The minimum absolute atomic E-state index is 0.0197. The molecule has 0 aliphatic rings. The topological polar surface area (TPSA) is 133 Å². The molecule has 0 radical (unpaired) electrons. The van der Waals surface area contributed by atoms with Gasteiger partial charge in [-0.05, 0) is 39.0 Å². The van der Waals surface area contributed by atoms with Gasteiger partial charge in [0.05, 0.1) is 24.4 Å². The van der Waals surface area contributed by atoms with E-state index >= 15 is 0 Å². The Morgan fingerprint density at radius 3 is 2.58 bits per heavy atom. The Bertz CT molecular complexity index is 1200. The van der Waals surface area contributed by atoms with Crippen LogP contribution in [0.3, 0.4) is 0 Å². The highest BCUT2D eigenvalue weighted by molar-refractivity contribution is 6.31. The van der Waals surface area contributed by atoms with Crippen LogP contribution in [0.15, 0.2) is 30.6 Å². The predicted octanol–water partition coefficient (Wildman–Crippen LogP) is 3.42. The van der Waals surface area contributed by atoms with Crippen LogP contribution in [-0.2, 0) is 21.0 Å². The summed E-state index contributed by atoms with van der Waals surface area (Å²) in [6.45, 7) is 5.06. The SMILES string of the molecule is COC(=O)c1cn(COC(=O)C(C)(C)C)c2ncc(C(=N)c3ccc(Cl)cc3N)nc12. The number of nitrogens with two attached hydrogens (primary N) is 1. The third-order valence-corrected chi connectivity index (χ3v) is 4.69. The molecule has 2 heterocycles. The number of benzene rings is 1. The van der Waals surface area contributed by atoms with E-state index < -0.39 is 17.4 Å². The van der Waals surface area contributed by atoms with E-state index in [1.54, 1.807) is 32.9 Å². The van der Waals surface area contributed by atoms with E-state index in [2.05, 4.69) is 9.97 Å². The van der Waals surface area contributed by atoms with Crippen molar-refractivity contribution in [2.24, 2.45) is 5.41 Å². The molecule has 0 saturated heterocycles. The van der Waals surface area contributed by atoms with Crippen molar-refractivity contribution in [3.05, 3.63) is 52.4 Å². The number of esters is 2. The third kappa shape index (κ3) is 4.51. The first-order chi connectivity index (χ1) is 14.5. The highest BCUT2D eigenvalue weighted by atomic mass is 35.5. The molecular weight excluding hydrogens is 422 g/mol.